The topological polar surface area (TPSA) is 45.1 Å². The first kappa shape index (κ1) is 11.3. The van der Waals surface area contributed by atoms with E-state index in [2.05, 4.69) is 10.3 Å². The van der Waals surface area contributed by atoms with E-state index in [0.717, 1.165) is 34.7 Å². The second-order valence-corrected chi connectivity index (χ2v) is 5.18. The fourth-order valence-electron chi connectivity index (χ4n) is 1.92. The van der Waals surface area contributed by atoms with E-state index in [1.165, 1.54) is 6.42 Å². The first-order valence-corrected chi connectivity index (χ1v) is 6.89. The zero-order valence-electron chi connectivity index (χ0n) is 9.89. The van der Waals surface area contributed by atoms with Crippen molar-refractivity contribution in [3.63, 3.8) is 0 Å². The molecule has 3 rings (SSSR count). The predicted octanol–water partition coefficient (Wildman–Crippen LogP) is 4.18. The predicted molar refractivity (Wildman–Crippen MR) is 74.7 cm³/mol. The van der Waals surface area contributed by atoms with Gasteiger partial charge in [-0.2, -0.15) is 0 Å². The first-order valence-electron chi connectivity index (χ1n) is 6.01. The number of aliphatic hydroxyl groups excluding tert-OH is 1. The number of hydrogen-bond acceptors (Lipinski definition) is 4. The molecule has 1 fully saturated rings. The minimum atomic E-state index is 0.282. The van der Waals surface area contributed by atoms with Gasteiger partial charge in [0.2, 0.25) is 0 Å². The molecule has 0 saturated heterocycles. The van der Waals surface area contributed by atoms with Crippen LogP contribution in [0, 0.1) is 0 Å². The highest BCUT2D eigenvalue weighted by Gasteiger charge is 2.16. The molecule has 0 atom stereocenters. The molecule has 2 N–H and O–H groups in total. The monoisotopic (exact) mass is 258 g/mol. The molecule has 4 heteroatoms. The Bertz CT molecular complexity index is 568. The van der Waals surface area contributed by atoms with Crippen molar-refractivity contribution in [1.29, 1.82) is 0 Å². The first-order chi connectivity index (χ1) is 8.84. The standard InChI is InChI=1S/C14H14N2OS/c17-14(11-7-4-8-11)16-13-12(18-9-15-13)10-5-2-1-3-6-10/h1-3,5-6,9,16-17H,4,7-8H2. The normalized spacial score (nSPS) is 14.1. The van der Waals surface area contributed by atoms with E-state index in [9.17, 15) is 5.11 Å². The van der Waals surface area contributed by atoms with Crippen LogP contribution in [0.2, 0.25) is 0 Å². The molecule has 18 heavy (non-hydrogen) atoms. The van der Waals surface area contributed by atoms with E-state index < -0.39 is 0 Å². The van der Waals surface area contributed by atoms with Crippen LogP contribution in [0.5, 0.6) is 0 Å². The van der Waals surface area contributed by atoms with E-state index >= 15 is 0 Å². The van der Waals surface area contributed by atoms with E-state index in [-0.39, 0.29) is 5.88 Å². The van der Waals surface area contributed by atoms with Gasteiger partial charge < -0.3 is 10.4 Å². The van der Waals surface area contributed by atoms with Crippen molar-refractivity contribution in [2.24, 2.45) is 0 Å². The number of hydrogen-bond donors (Lipinski definition) is 2. The van der Waals surface area contributed by atoms with Gasteiger partial charge in [0.1, 0.15) is 0 Å². The molecule has 2 aromatic rings. The van der Waals surface area contributed by atoms with Crippen molar-refractivity contribution in [2.45, 2.75) is 19.3 Å². The summed E-state index contributed by atoms with van der Waals surface area (Å²) in [5, 5.41) is 13.0. The minimum absolute atomic E-state index is 0.282. The van der Waals surface area contributed by atoms with E-state index in [1.54, 1.807) is 16.8 Å². The molecule has 0 amide bonds. The van der Waals surface area contributed by atoms with Crippen molar-refractivity contribution >= 4 is 17.2 Å². The number of nitrogens with zero attached hydrogens (tertiary/aromatic N) is 1. The van der Waals surface area contributed by atoms with Gasteiger partial charge in [-0.1, -0.05) is 30.3 Å². The quantitative estimate of drug-likeness (QED) is 0.812. The Morgan fingerprint density at radius 3 is 2.67 bits per heavy atom. The maximum Gasteiger partial charge on any atom is 0.188 e. The van der Waals surface area contributed by atoms with Crippen LogP contribution < -0.4 is 5.32 Å². The second-order valence-electron chi connectivity index (χ2n) is 4.33. The molecule has 1 aromatic heterocycles. The number of aromatic nitrogens is 1. The summed E-state index contributed by atoms with van der Waals surface area (Å²) in [6.07, 6.45) is 3.15. The van der Waals surface area contributed by atoms with Crippen molar-refractivity contribution in [1.82, 2.24) is 4.98 Å². The second kappa shape index (κ2) is 4.82. The summed E-state index contributed by atoms with van der Waals surface area (Å²) in [6.45, 7) is 0. The molecular weight excluding hydrogens is 244 g/mol. The Labute approximate surface area is 110 Å². The lowest BCUT2D eigenvalue weighted by Gasteiger charge is -2.18. The van der Waals surface area contributed by atoms with Gasteiger partial charge in [0.15, 0.2) is 11.7 Å². The molecule has 1 aliphatic rings. The molecule has 0 bridgehead atoms. The Kier molecular flexibility index (Phi) is 3.02. The highest BCUT2D eigenvalue weighted by atomic mass is 32.1. The van der Waals surface area contributed by atoms with Gasteiger partial charge in [0.05, 0.1) is 10.4 Å². The number of aliphatic hydroxyl groups is 1. The summed E-state index contributed by atoms with van der Waals surface area (Å²) in [6, 6.07) is 10.1. The molecular formula is C14H14N2OS. The molecule has 0 unspecified atom stereocenters. The molecule has 1 saturated carbocycles. The largest absolute Gasteiger partial charge is 0.495 e. The van der Waals surface area contributed by atoms with Crippen LogP contribution in [0.1, 0.15) is 19.3 Å². The molecule has 1 heterocycles. The third-order valence-electron chi connectivity index (χ3n) is 3.13. The molecule has 0 spiro atoms. The maximum absolute atomic E-state index is 9.95. The summed E-state index contributed by atoms with van der Waals surface area (Å²) >= 11 is 1.57. The number of allylic oxidation sites excluding steroid dienone is 1. The Hall–Kier alpha value is -1.81. The minimum Gasteiger partial charge on any atom is -0.495 e. The number of thiazole rings is 1. The lowest BCUT2D eigenvalue weighted by Crippen LogP contribution is -2.09. The summed E-state index contributed by atoms with van der Waals surface area (Å²) in [4.78, 5) is 5.34. The van der Waals surface area contributed by atoms with Crippen LogP contribution in [0.4, 0.5) is 5.82 Å². The number of anilines is 1. The van der Waals surface area contributed by atoms with Crippen LogP contribution in [0.15, 0.2) is 47.3 Å². The van der Waals surface area contributed by atoms with Crippen molar-refractivity contribution in [3.8, 4) is 10.4 Å². The van der Waals surface area contributed by atoms with E-state index in [0.29, 0.717) is 0 Å². The zero-order chi connectivity index (χ0) is 12.4. The molecule has 1 aliphatic carbocycles. The van der Waals surface area contributed by atoms with Gasteiger partial charge in [-0.3, -0.25) is 0 Å². The smallest absolute Gasteiger partial charge is 0.188 e. The lowest BCUT2D eigenvalue weighted by atomic mass is 9.93. The van der Waals surface area contributed by atoms with E-state index in [4.69, 9.17) is 0 Å². The summed E-state index contributed by atoms with van der Waals surface area (Å²) in [5.41, 5.74) is 4.01. The van der Waals surface area contributed by atoms with Gasteiger partial charge in [-0.05, 0) is 30.4 Å². The van der Waals surface area contributed by atoms with Crippen molar-refractivity contribution in [3.05, 3.63) is 47.3 Å². The number of rotatable bonds is 3. The van der Waals surface area contributed by atoms with Gasteiger partial charge in [-0.15, -0.1) is 11.3 Å². The van der Waals surface area contributed by atoms with Crippen LogP contribution >= 0.6 is 11.3 Å². The Morgan fingerprint density at radius 1 is 1.22 bits per heavy atom. The highest BCUT2D eigenvalue weighted by molar-refractivity contribution is 7.13. The third-order valence-corrected chi connectivity index (χ3v) is 4.01. The molecule has 0 radical (unpaired) electrons. The maximum atomic E-state index is 9.95. The van der Waals surface area contributed by atoms with Gasteiger partial charge >= 0.3 is 0 Å². The van der Waals surface area contributed by atoms with Crippen LogP contribution in [0.25, 0.3) is 10.4 Å². The molecule has 3 nitrogen and oxygen atoms in total. The molecule has 1 aromatic carbocycles. The molecule has 0 aliphatic heterocycles. The summed E-state index contributed by atoms with van der Waals surface area (Å²) < 4.78 is 0. The SMILES string of the molecule is OC(Nc1ncsc1-c1ccccc1)=C1CCC1. The lowest BCUT2D eigenvalue weighted by molar-refractivity contribution is 0.394. The summed E-state index contributed by atoms with van der Waals surface area (Å²) in [7, 11) is 0. The highest BCUT2D eigenvalue weighted by Crippen LogP contribution is 2.33. The average molecular weight is 258 g/mol. The average Bonchev–Trinajstić information content (AvgIpc) is 2.76. The van der Waals surface area contributed by atoms with Gasteiger partial charge in [0.25, 0.3) is 0 Å². The Morgan fingerprint density at radius 2 is 2.00 bits per heavy atom. The van der Waals surface area contributed by atoms with Gasteiger partial charge in [0, 0.05) is 0 Å². The van der Waals surface area contributed by atoms with Crippen LogP contribution in [-0.2, 0) is 0 Å². The summed E-state index contributed by atoms with van der Waals surface area (Å²) in [5.74, 6) is 1.02. The van der Waals surface area contributed by atoms with E-state index in [1.807, 2.05) is 30.3 Å². The zero-order valence-corrected chi connectivity index (χ0v) is 10.7. The molecule has 92 valence electrons. The fourth-order valence-corrected chi connectivity index (χ4v) is 2.67. The number of nitrogens with one attached hydrogen (secondary N) is 1. The van der Waals surface area contributed by atoms with Crippen LogP contribution in [-0.4, -0.2) is 10.1 Å². The van der Waals surface area contributed by atoms with Crippen LogP contribution in [0.3, 0.4) is 0 Å². The van der Waals surface area contributed by atoms with Gasteiger partial charge in [-0.25, -0.2) is 4.98 Å². The van der Waals surface area contributed by atoms with Crippen molar-refractivity contribution in [2.75, 3.05) is 5.32 Å². The number of benzene rings is 1. The third kappa shape index (κ3) is 2.11. The Balaban J connectivity index is 1.88. The van der Waals surface area contributed by atoms with Crippen molar-refractivity contribution < 1.29 is 5.11 Å². The fraction of sp³-hybridized carbons (Fsp3) is 0.214.